The van der Waals surface area contributed by atoms with E-state index in [1.807, 2.05) is 36.4 Å². The van der Waals surface area contributed by atoms with Crippen LogP contribution < -0.4 is 16.0 Å². The first-order valence-corrected chi connectivity index (χ1v) is 11.1. The van der Waals surface area contributed by atoms with Crippen LogP contribution in [0.1, 0.15) is 55.4 Å². The molecule has 1 aliphatic heterocycles. The standard InChI is InChI=1S/C25H27N5O4/c1-14(2)20-27-18-7-5-6-8-19(18)30(20)13-16-9-11-17(12-10-16)21(31)26-15(3)25(4)22(32)28-24(34)29-23(25)33/h5-12,14-15H,13H2,1-4H3,(H,26,31)(H2,28,29,32,33,34). The molecule has 3 aromatic rings. The maximum atomic E-state index is 12.8. The van der Waals surface area contributed by atoms with Crippen LogP contribution in [-0.4, -0.2) is 39.3 Å². The van der Waals surface area contributed by atoms with E-state index in [1.165, 1.54) is 6.92 Å². The lowest BCUT2D eigenvalue weighted by Gasteiger charge is -2.35. The van der Waals surface area contributed by atoms with Gasteiger partial charge in [-0.1, -0.05) is 38.1 Å². The monoisotopic (exact) mass is 461 g/mol. The highest BCUT2D eigenvalue weighted by Crippen LogP contribution is 2.26. The largest absolute Gasteiger partial charge is 0.348 e. The van der Waals surface area contributed by atoms with E-state index in [0.29, 0.717) is 12.1 Å². The number of nitrogens with one attached hydrogen (secondary N) is 3. The summed E-state index contributed by atoms with van der Waals surface area (Å²) in [5.74, 6) is -0.679. The molecule has 9 heteroatoms. The lowest BCUT2D eigenvalue weighted by Crippen LogP contribution is -2.67. The van der Waals surface area contributed by atoms with Crippen LogP contribution in [-0.2, 0) is 16.1 Å². The van der Waals surface area contributed by atoms with Gasteiger partial charge in [0, 0.05) is 24.1 Å². The molecular formula is C25H27N5O4. The number of carbonyl (C=O) groups excluding carboxylic acids is 4. The highest BCUT2D eigenvalue weighted by Gasteiger charge is 2.50. The zero-order chi connectivity index (χ0) is 24.6. The number of aromatic nitrogens is 2. The molecule has 1 unspecified atom stereocenters. The van der Waals surface area contributed by atoms with Gasteiger partial charge in [-0.15, -0.1) is 0 Å². The summed E-state index contributed by atoms with van der Waals surface area (Å²) < 4.78 is 2.18. The van der Waals surface area contributed by atoms with Crippen molar-refractivity contribution in [1.29, 1.82) is 0 Å². The molecule has 176 valence electrons. The average Bonchev–Trinajstić information content (AvgIpc) is 3.16. The van der Waals surface area contributed by atoms with Crippen molar-refractivity contribution in [3.05, 3.63) is 65.5 Å². The molecule has 2 aromatic carbocycles. The van der Waals surface area contributed by atoms with Crippen LogP contribution in [0.3, 0.4) is 0 Å². The van der Waals surface area contributed by atoms with E-state index in [1.54, 1.807) is 19.1 Å². The predicted octanol–water partition coefficient (Wildman–Crippen LogP) is 2.70. The molecule has 0 spiro atoms. The van der Waals surface area contributed by atoms with Gasteiger partial charge >= 0.3 is 6.03 Å². The molecule has 3 N–H and O–H groups in total. The predicted molar refractivity (Wildman–Crippen MR) is 126 cm³/mol. The molecule has 2 heterocycles. The van der Waals surface area contributed by atoms with Crippen LogP contribution in [0.5, 0.6) is 0 Å². The van der Waals surface area contributed by atoms with Crippen LogP contribution in [0.4, 0.5) is 4.79 Å². The molecule has 0 radical (unpaired) electrons. The van der Waals surface area contributed by atoms with E-state index >= 15 is 0 Å². The molecule has 1 saturated heterocycles. The summed E-state index contributed by atoms with van der Waals surface area (Å²) in [5, 5.41) is 6.87. The Hall–Kier alpha value is -4.01. The first kappa shape index (κ1) is 23.2. The van der Waals surface area contributed by atoms with Gasteiger partial charge in [-0.25, -0.2) is 9.78 Å². The summed E-state index contributed by atoms with van der Waals surface area (Å²) in [7, 11) is 0. The summed E-state index contributed by atoms with van der Waals surface area (Å²) in [6.45, 7) is 7.77. The van der Waals surface area contributed by atoms with Crippen LogP contribution in [0.15, 0.2) is 48.5 Å². The number of hydrogen-bond acceptors (Lipinski definition) is 5. The van der Waals surface area contributed by atoms with Crippen molar-refractivity contribution in [2.45, 2.75) is 46.2 Å². The molecule has 0 bridgehead atoms. The Balaban J connectivity index is 1.50. The smallest absolute Gasteiger partial charge is 0.328 e. The molecule has 1 fully saturated rings. The number of fused-ring (bicyclic) bond motifs is 1. The Bertz CT molecular complexity index is 1270. The average molecular weight is 462 g/mol. The van der Waals surface area contributed by atoms with Crippen molar-refractivity contribution in [2.75, 3.05) is 0 Å². The molecule has 9 nitrogen and oxygen atoms in total. The van der Waals surface area contributed by atoms with Gasteiger partial charge in [0.15, 0.2) is 0 Å². The van der Waals surface area contributed by atoms with Gasteiger partial charge in [0.1, 0.15) is 11.2 Å². The quantitative estimate of drug-likeness (QED) is 0.487. The molecule has 1 aromatic heterocycles. The van der Waals surface area contributed by atoms with Crippen molar-refractivity contribution in [1.82, 2.24) is 25.5 Å². The molecule has 1 aliphatic rings. The number of hydrogen-bond donors (Lipinski definition) is 3. The van der Waals surface area contributed by atoms with Crippen molar-refractivity contribution in [3.8, 4) is 0 Å². The van der Waals surface area contributed by atoms with Crippen LogP contribution in [0, 0.1) is 5.41 Å². The third-order valence-corrected chi connectivity index (χ3v) is 6.37. The number of imidazole rings is 1. The number of benzene rings is 2. The maximum absolute atomic E-state index is 12.8. The van der Waals surface area contributed by atoms with Gasteiger partial charge in [-0.2, -0.15) is 0 Å². The summed E-state index contributed by atoms with van der Waals surface area (Å²) in [6, 6.07) is 13.4. The molecule has 4 rings (SSSR count). The van der Waals surface area contributed by atoms with Crippen molar-refractivity contribution < 1.29 is 19.2 Å². The minimum atomic E-state index is -1.61. The number of para-hydroxylation sites is 2. The SMILES string of the molecule is CC(C)c1nc2ccccc2n1Cc1ccc(C(=O)NC(C)C2(C)C(=O)NC(=O)NC2=O)cc1. The van der Waals surface area contributed by atoms with Gasteiger partial charge in [0.2, 0.25) is 11.8 Å². The second kappa shape index (κ2) is 8.74. The molecule has 0 saturated carbocycles. The van der Waals surface area contributed by atoms with E-state index in [-0.39, 0.29) is 5.92 Å². The number of imide groups is 2. The second-order valence-corrected chi connectivity index (χ2v) is 9.03. The normalized spacial score (nSPS) is 16.3. The van der Waals surface area contributed by atoms with Crippen LogP contribution in [0.2, 0.25) is 0 Å². The number of carbonyl (C=O) groups is 4. The van der Waals surface area contributed by atoms with E-state index in [9.17, 15) is 19.2 Å². The third kappa shape index (κ3) is 4.05. The first-order valence-electron chi connectivity index (χ1n) is 11.1. The van der Waals surface area contributed by atoms with Crippen molar-refractivity contribution in [2.24, 2.45) is 5.41 Å². The second-order valence-electron chi connectivity index (χ2n) is 9.03. The summed E-state index contributed by atoms with van der Waals surface area (Å²) in [6.07, 6.45) is 0. The van der Waals surface area contributed by atoms with E-state index in [2.05, 4.69) is 34.4 Å². The zero-order valence-corrected chi connectivity index (χ0v) is 19.5. The lowest BCUT2D eigenvalue weighted by atomic mass is 9.80. The fourth-order valence-corrected chi connectivity index (χ4v) is 4.06. The number of nitrogens with zero attached hydrogens (tertiary/aromatic N) is 2. The number of urea groups is 1. The highest BCUT2D eigenvalue weighted by molar-refractivity contribution is 6.19. The fraction of sp³-hybridized carbons (Fsp3) is 0.320. The van der Waals surface area contributed by atoms with E-state index in [4.69, 9.17) is 4.98 Å². The Morgan fingerprint density at radius 2 is 1.62 bits per heavy atom. The molecule has 1 atom stereocenters. The highest BCUT2D eigenvalue weighted by atomic mass is 16.2. The van der Waals surface area contributed by atoms with Gasteiger partial charge in [-0.05, 0) is 43.7 Å². The minimum absolute atomic E-state index is 0.254. The van der Waals surface area contributed by atoms with Gasteiger partial charge in [0.05, 0.1) is 11.0 Å². The summed E-state index contributed by atoms with van der Waals surface area (Å²) in [4.78, 5) is 53.6. The van der Waals surface area contributed by atoms with Crippen molar-refractivity contribution >= 4 is 34.8 Å². The van der Waals surface area contributed by atoms with Crippen LogP contribution >= 0.6 is 0 Å². The molecular weight excluding hydrogens is 434 g/mol. The fourth-order valence-electron chi connectivity index (χ4n) is 4.06. The van der Waals surface area contributed by atoms with Gasteiger partial charge < -0.3 is 9.88 Å². The Morgan fingerprint density at radius 3 is 2.24 bits per heavy atom. The third-order valence-electron chi connectivity index (χ3n) is 6.37. The van der Waals surface area contributed by atoms with E-state index < -0.39 is 35.2 Å². The molecule has 34 heavy (non-hydrogen) atoms. The Labute approximate surface area is 196 Å². The lowest BCUT2D eigenvalue weighted by molar-refractivity contribution is -0.144. The van der Waals surface area contributed by atoms with Gasteiger partial charge in [0.25, 0.3) is 5.91 Å². The first-order chi connectivity index (χ1) is 16.1. The maximum Gasteiger partial charge on any atom is 0.328 e. The molecule has 0 aliphatic carbocycles. The van der Waals surface area contributed by atoms with Crippen LogP contribution in [0.25, 0.3) is 11.0 Å². The zero-order valence-electron chi connectivity index (χ0n) is 19.5. The molecule has 5 amide bonds. The Kier molecular flexibility index (Phi) is 5.95. The van der Waals surface area contributed by atoms with Gasteiger partial charge in [-0.3, -0.25) is 25.0 Å². The van der Waals surface area contributed by atoms with E-state index in [0.717, 1.165) is 22.4 Å². The minimum Gasteiger partial charge on any atom is -0.348 e. The van der Waals surface area contributed by atoms with Crippen molar-refractivity contribution in [3.63, 3.8) is 0 Å². The summed E-state index contributed by atoms with van der Waals surface area (Å²) in [5.41, 5.74) is 1.79. The number of amides is 5. The number of barbiturate groups is 1. The topological polar surface area (TPSA) is 122 Å². The Morgan fingerprint density at radius 1 is 1.00 bits per heavy atom. The number of rotatable bonds is 6. The summed E-state index contributed by atoms with van der Waals surface area (Å²) >= 11 is 0.